The van der Waals surface area contributed by atoms with Gasteiger partial charge in [0.25, 0.3) is 11.8 Å². The van der Waals surface area contributed by atoms with E-state index in [1.165, 1.54) is 23.1 Å². The fourth-order valence-corrected chi connectivity index (χ4v) is 6.11. The molecule has 5 rings (SSSR count). The van der Waals surface area contributed by atoms with Crippen LogP contribution in [0.5, 0.6) is 5.75 Å². The van der Waals surface area contributed by atoms with Crippen LogP contribution in [0, 0.1) is 0 Å². The first-order valence-corrected chi connectivity index (χ1v) is 16.8. The maximum atomic E-state index is 13.5. The molecule has 0 fully saturated rings. The van der Waals surface area contributed by atoms with Crippen LogP contribution in [-0.4, -0.2) is 34.6 Å². The quantitative estimate of drug-likeness (QED) is 0.0901. The van der Waals surface area contributed by atoms with Crippen LogP contribution in [0.25, 0.3) is 17.3 Å². The average molecular weight is 683 g/mol. The van der Waals surface area contributed by atoms with Crippen LogP contribution in [0.2, 0.25) is 5.02 Å². The number of carbonyl (C=O) groups is 3. The van der Waals surface area contributed by atoms with Gasteiger partial charge >= 0.3 is 0 Å². The summed E-state index contributed by atoms with van der Waals surface area (Å²) in [4.78, 5) is 44.8. The van der Waals surface area contributed by atoms with E-state index < -0.39 is 17.1 Å². The minimum atomic E-state index is -0.503. The Kier molecular flexibility index (Phi) is 11.5. The van der Waals surface area contributed by atoms with E-state index in [-0.39, 0.29) is 11.6 Å². The van der Waals surface area contributed by atoms with Gasteiger partial charge in [-0.1, -0.05) is 60.1 Å². The molecule has 3 N–H and O–H groups in total. The lowest BCUT2D eigenvalue weighted by molar-refractivity contribution is -0.115. The SMILES string of the molecule is CCOc1ccc(/C=C(/NC(=O)c2ccccc2)C(=O)Nc2cccc(SC(C)C(=O)Nc3nc(-c4ccc(Cl)cc4)cs3)c2)cc1. The van der Waals surface area contributed by atoms with Crippen molar-refractivity contribution in [3.05, 3.63) is 130 Å². The van der Waals surface area contributed by atoms with Gasteiger partial charge in [-0.05, 0) is 80.1 Å². The van der Waals surface area contributed by atoms with Crippen LogP contribution < -0.4 is 20.7 Å². The largest absolute Gasteiger partial charge is 0.494 e. The maximum absolute atomic E-state index is 13.5. The van der Waals surface area contributed by atoms with Gasteiger partial charge in [0, 0.05) is 32.1 Å². The van der Waals surface area contributed by atoms with Crippen molar-refractivity contribution in [3.8, 4) is 17.0 Å². The number of rotatable bonds is 12. The minimum absolute atomic E-state index is 0.0650. The lowest BCUT2D eigenvalue weighted by atomic mass is 10.1. The third kappa shape index (κ3) is 9.55. The molecule has 5 aromatic rings. The van der Waals surface area contributed by atoms with Crippen molar-refractivity contribution < 1.29 is 19.1 Å². The smallest absolute Gasteiger partial charge is 0.272 e. The first kappa shape index (κ1) is 33.5. The molecule has 1 atom stereocenters. The molecule has 1 heterocycles. The molecule has 0 radical (unpaired) electrons. The monoisotopic (exact) mass is 682 g/mol. The van der Waals surface area contributed by atoms with Crippen LogP contribution in [0.1, 0.15) is 29.8 Å². The number of hydrogen-bond acceptors (Lipinski definition) is 7. The first-order valence-electron chi connectivity index (χ1n) is 14.7. The molecule has 0 aliphatic heterocycles. The summed E-state index contributed by atoms with van der Waals surface area (Å²) in [7, 11) is 0. The van der Waals surface area contributed by atoms with Crippen LogP contribution >= 0.6 is 34.7 Å². The van der Waals surface area contributed by atoms with Gasteiger partial charge < -0.3 is 20.7 Å². The Balaban J connectivity index is 1.25. The molecular formula is C36H31ClN4O4S2. The molecular weight excluding hydrogens is 652 g/mol. The van der Waals surface area contributed by atoms with Gasteiger partial charge in [-0.3, -0.25) is 14.4 Å². The van der Waals surface area contributed by atoms with E-state index in [4.69, 9.17) is 16.3 Å². The number of aromatic nitrogens is 1. The fraction of sp³-hybridized carbons (Fsp3) is 0.111. The van der Waals surface area contributed by atoms with Crippen LogP contribution in [0.3, 0.4) is 0 Å². The number of halogens is 1. The van der Waals surface area contributed by atoms with Gasteiger partial charge in [-0.2, -0.15) is 0 Å². The predicted molar refractivity (Wildman–Crippen MR) is 191 cm³/mol. The lowest BCUT2D eigenvalue weighted by Crippen LogP contribution is -2.30. The number of amides is 3. The molecule has 1 aromatic heterocycles. The number of thiazole rings is 1. The zero-order chi connectivity index (χ0) is 33.2. The Morgan fingerprint density at radius 2 is 1.68 bits per heavy atom. The van der Waals surface area contributed by atoms with E-state index in [0.29, 0.717) is 39.3 Å². The molecule has 0 saturated heterocycles. The number of hydrogen-bond donors (Lipinski definition) is 3. The summed E-state index contributed by atoms with van der Waals surface area (Å²) < 4.78 is 5.52. The van der Waals surface area contributed by atoms with Gasteiger partial charge in [0.2, 0.25) is 5.91 Å². The second-order valence-corrected chi connectivity index (χ2v) is 12.9. The summed E-state index contributed by atoms with van der Waals surface area (Å²) in [6.45, 7) is 4.24. The van der Waals surface area contributed by atoms with Crippen molar-refractivity contribution in [1.82, 2.24) is 10.3 Å². The third-order valence-corrected chi connectivity index (χ3v) is 8.78. The maximum Gasteiger partial charge on any atom is 0.272 e. The highest BCUT2D eigenvalue weighted by molar-refractivity contribution is 8.00. The number of nitrogens with zero attached hydrogens (tertiary/aromatic N) is 1. The normalized spacial score (nSPS) is 11.8. The standard InChI is InChI=1S/C36H31ClN4O4S2/c1-3-45-29-18-12-24(13-19-29)20-31(39-34(43)26-8-5-4-6-9-26)35(44)38-28-10-7-11-30(21-28)47-23(2)33(42)41-36-40-32(22-46-36)25-14-16-27(37)17-15-25/h4-23H,3H2,1-2H3,(H,38,44)(H,39,43)(H,40,41,42)/b31-20+. The van der Waals surface area contributed by atoms with E-state index in [0.717, 1.165) is 16.2 Å². The Morgan fingerprint density at radius 3 is 2.40 bits per heavy atom. The van der Waals surface area contributed by atoms with Gasteiger partial charge in [-0.25, -0.2) is 4.98 Å². The van der Waals surface area contributed by atoms with E-state index in [1.54, 1.807) is 91.9 Å². The molecule has 0 bridgehead atoms. The first-order chi connectivity index (χ1) is 22.8. The van der Waals surface area contributed by atoms with Gasteiger partial charge in [0.1, 0.15) is 11.4 Å². The van der Waals surface area contributed by atoms with E-state index >= 15 is 0 Å². The summed E-state index contributed by atoms with van der Waals surface area (Å²) in [5.41, 5.74) is 3.35. The number of nitrogens with one attached hydrogen (secondary N) is 3. The number of thioether (sulfide) groups is 1. The van der Waals surface area contributed by atoms with Gasteiger partial charge in [0.05, 0.1) is 17.6 Å². The third-order valence-electron chi connectivity index (χ3n) is 6.68. The van der Waals surface area contributed by atoms with E-state index in [9.17, 15) is 14.4 Å². The van der Waals surface area contributed by atoms with Gasteiger partial charge in [-0.15, -0.1) is 23.1 Å². The molecule has 0 aliphatic rings. The molecule has 11 heteroatoms. The lowest BCUT2D eigenvalue weighted by Gasteiger charge is -2.14. The highest BCUT2D eigenvalue weighted by Gasteiger charge is 2.18. The minimum Gasteiger partial charge on any atom is -0.494 e. The average Bonchev–Trinajstić information content (AvgIpc) is 3.54. The zero-order valence-electron chi connectivity index (χ0n) is 25.5. The number of carbonyl (C=O) groups excluding carboxylic acids is 3. The molecule has 238 valence electrons. The fourth-order valence-electron chi connectivity index (χ4n) is 4.33. The molecule has 3 amide bonds. The molecule has 0 aliphatic carbocycles. The number of ether oxygens (including phenoxy) is 1. The highest BCUT2D eigenvalue weighted by Crippen LogP contribution is 2.29. The van der Waals surface area contributed by atoms with Crippen LogP contribution in [0.4, 0.5) is 10.8 Å². The van der Waals surface area contributed by atoms with Crippen LogP contribution in [0.15, 0.2) is 119 Å². The molecule has 0 saturated carbocycles. The van der Waals surface area contributed by atoms with Crippen molar-refractivity contribution in [2.45, 2.75) is 24.0 Å². The molecule has 1 unspecified atom stereocenters. The Bertz CT molecular complexity index is 1880. The van der Waals surface area contributed by atoms with Crippen molar-refractivity contribution in [2.24, 2.45) is 0 Å². The summed E-state index contributed by atoms with van der Waals surface area (Å²) in [5, 5.41) is 11.1. The Hall–Kier alpha value is -4.90. The zero-order valence-corrected chi connectivity index (χ0v) is 27.9. The van der Waals surface area contributed by atoms with Gasteiger partial charge in [0.15, 0.2) is 5.13 Å². The van der Waals surface area contributed by atoms with E-state index in [1.807, 2.05) is 36.6 Å². The predicted octanol–water partition coefficient (Wildman–Crippen LogP) is 8.39. The summed E-state index contributed by atoms with van der Waals surface area (Å²) in [6.07, 6.45) is 1.61. The van der Waals surface area contributed by atoms with Crippen molar-refractivity contribution in [1.29, 1.82) is 0 Å². The van der Waals surface area contributed by atoms with Crippen molar-refractivity contribution >= 4 is 69.3 Å². The second-order valence-electron chi connectivity index (χ2n) is 10.2. The van der Waals surface area contributed by atoms with E-state index in [2.05, 4.69) is 20.9 Å². The summed E-state index contributed by atoms with van der Waals surface area (Å²) in [5.74, 6) is -0.417. The molecule has 4 aromatic carbocycles. The van der Waals surface area contributed by atoms with Crippen molar-refractivity contribution in [3.63, 3.8) is 0 Å². The summed E-state index contributed by atoms with van der Waals surface area (Å²) >= 11 is 8.67. The van der Waals surface area contributed by atoms with Crippen molar-refractivity contribution in [2.75, 3.05) is 17.2 Å². The molecule has 8 nitrogen and oxygen atoms in total. The number of anilines is 2. The topological polar surface area (TPSA) is 109 Å². The molecule has 0 spiro atoms. The Morgan fingerprint density at radius 1 is 0.936 bits per heavy atom. The second kappa shape index (κ2) is 16.1. The summed E-state index contributed by atoms with van der Waals surface area (Å²) in [6, 6.07) is 30.4. The Labute approximate surface area is 286 Å². The number of benzene rings is 4. The van der Waals surface area contributed by atoms with Crippen LogP contribution in [-0.2, 0) is 9.59 Å². The molecule has 47 heavy (non-hydrogen) atoms. The highest BCUT2D eigenvalue weighted by atomic mass is 35.5.